The summed E-state index contributed by atoms with van der Waals surface area (Å²) in [6.45, 7) is 3.52. The Balaban J connectivity index is 2.83. The number of rotatable bonds is 6. The predicted molar refractivity (Wildman–Crippen MR) is 68.3 cm³/mol. The van der Waals surface area contributed by atoms with Crippen molar-refractivity contribution in [2.24, 2.45) is 0 Å². The fourth-order valence-corrected chi connectivity index (χ4v) is 1.36. The molecule has 5 nitrogen and oxygen atoms in total. The van der Waals surface area contributed by atoms with Gasteiger partial charge in [-0.1, -0.05) is 6.07 Å². The molecule has 100 valence electrons. The summed E-state index contributed by atoms with van der Waals surface area (Å²) in [5.41, 5.74) is -0.0792. The van der Waals surface area contributed by atoms with Crippen molar-refractivity contribution in [1.82, 2.24) is 5.32 Å². The summed E-state index contributed by atoms with van der Waals surface area (Å²) in [5.74, 6) is 0.167. The largest absolute Gasteiger partial charge is 0.493 e. The van der Waals surface area contributed by atoms with E-state index in [2.05, 4.69) is 5.32 Å². The first-order chi connectivity index (χ1) is 8.42. The molecule has 0 fully saturated rings. The molecule has 0 radical (unpaired) electrons. The van der Waals surface area contributed by atoms with Crippen LogP contribution in [0.3, 0.4) is 0 Å². The van der Waals surface area contributed by atoms with E-state index in [0.717, 1.165) is 5.56 Å². The molecule has 1 unspecified atom stereocenters. The van der Waals surface area contributed by atoms with Crippen LogP contribution in [0.4, 0.5) is 0 Å². The average molecular weight is 253 g/mol. The van der Waals surface area contributed by atoms with Crippen molar-refractivity contribution in [3.8, 4) is 11.5 Å². The van der Waals surface area contributed by atoms with Crippen LogP contribution in [0.15, 0.2) is 18.2 Å². The predicted octanol–water partition coefficient (Wildman–Crippen LogP) is 1.45. The van der Waals surface area contributed by atoms with Gasteiger partial charge in [-0.25, -0.2) is 0 Å². The van der Waals surface area contributed by atoms with Gasteiger partial charge in [0.2, 0.25) is 0 Å². The van der Waals surface area contributed by atoms with Gasteiger partial charge < -0.3 is 19.9 Å². The summed E-state index contributed by atoms with van der Waals surface area (Å²) in [5, 5.41) is 11.8. The smallest absolute Gasteiger partial charge is 0.327 e. The van der Waals surface area contributed by atoms with E-state index in [1.54, 1.807) is 27.1 Å². The molecule has 0 amide bonds. The van der Waals surface area contributed by atoms with Crippen molar-refractivity contribution in [3.63, 3.8) is 0 Å². The highest BCUT2D eigenvalue weighted by Crippen LogP contribution is 2.28. The Morgan fingerprint density at radius 2 is 2.11 bits per heavy atom. The minimum absolute atomic E-state index is 0.0122. The number of nitrogens with one attached hydrogen (secondary N) is 1. The second kappa shape index (κ2) is 5.73. The van der Waals surface area contributed by atoms with Gasteiger partial charge in [-0.15, -0.1) is 0 Å². The van der Waals surface area contributed by atoms with Crippen molar-refractivity contribution in [2.75, 3.05) is 20.8 Å². The van der Waals surface area contributed by atoms with Gasteiger partial charge in [-0.3, -0.25) is 4.79 Å². The summed E-state index contributed by atoms with van der Waals surface area (Å²) >= 11 is 0. The van der Waals surface area contributed by atoms with Gasteiger partial charge >= 0.3 is 5.97 Å². The van der Waals surface area contributed by atoms with Gasteiger partial charge in [0.15, 0.2) is 11.5 Å². The molecule has 0 aliphatic rings. The quantitative estimate of drug-likeness (QED) is 0.803. The number of carboxylic acid groups (broad SMARTS) is 1. The highest BCUT2D eigenvalue weighted by molar-refractivity contribution is 5.78. The molecule has 0 aliphatic heterocycles. The molecular formula is C13H19NO4. The van der Waals surface area contributed by atoms with Crippen molar-refractivity contribution in [2.45, 2.75) is 19.4 Å². The van der Waals surface area contributed by atoms with Gasteiger partial charge in [0.25, 0.3) is 0 Å². The summed E-state index contributed by atoms with van der Waals surface area (Å²) in [4.78, 5) is 11.1. The molecule has 0 heterocycles. The van der Waals surface area contributed by atoms with E-state index in [1.807, 2.05) is 19.1 Å². The lowest BCUT2D eigenvalue weighted by molar-refractivity contribution is -0.145. The number of hydrogen-bond acceptors (Lipinski definition) is 4. The molecule has 5 heteroatoms. The molecule has 1 rings (SSSR count). The molecule has 0 saturated heterocycles. The first kappa shape index (κ1) is 14.3. The van der Waals surface area contributed by atoms with Gasteiger partial charge in [0, 0.05) is 0 Å². The van der Waals surface area contributed by atoms with Crippen molar-refractivity contribution >= 4 is 5.97 Å². The molecule has 1 aromatic carbocycles. The number of aliphatic carboxylic acids is 1. The molecule has 0 aliphatic carbocycles. The molecule has 1 aromatic rings. The topological polar surface area (TPSA) is 67.8 Å². The Morgan fingerprint density at radius 1 is 1.44 bits per heavy atom. The fourth-order valence-electron chi connectivity index (χ4n) is 1.36. The minimum atomic E-state index is -1.13. The number of carbonyl (C=O) groups is 1. The van der Waals surface area contributed by atoms with Crippen LogP contribution in [-0.4, -0.2) is 37.4 Å². The lowest BCUT2D eigenvalue weighted by atomic mass is 10.1. The fraction of sp³-hybridized carbons (Fsp3) is 0.462. The second-order valence-electron chi connectivity index (χ2n) is 4.33. The third kappa shape index (κ3) is 3.13. The SMILES string of the molecule is CNC(C)(COc1ccc(C)cc1OC)C(=O)O. The maximum Gasteiger partial charge on any atom is 0.327 e. The molecule has 18 heavy (non-hydrogen) atoms. The summed E-state index contributed by atoms with van der Waals surface area (Å²) in [6, 6.07) is 5.49. The third-order valence-electron chi connectivity index (χ3n) is 2.86. The first-order valence-electron chi connectivity index (χ1n) is 5.62. The maximum atomic E-state index is 11.1. The van der Waals surface area contributed by atoms with Crippen LogP contribution in [-0.2, 0) is 4.79 Å². The molecule has 0 spiro atoms. The standard InChI is InChI=1S/C13H19NO4/c1-9-5-6-10(11(7-9)17-4)18-8-13(2,14-3)12(15)16/h5-7,14H,8H2,1-4H3,(H,15,16). The van der Waals surface area contributed by atoms with Crippen LogP contribution in [0.2, 0.25) is 0 Å². The van der Waals surface area contributed by atoms with E-state index < -0.39 is 11.5 Å². The van der Waals surface area contributed by atoms with Crippen molar-refractivity contribution < 1.29 is 19.4 Å². The average Bonchev–Trinajstić information content (AvgIpc) is 2.36. The van der Waals surface area contributed by atoms with Gasteiger partial charge in [-0.2, -0.15) is 0 Å². The number of aryl methyl sites for hydroxylation is 1. The van der Waals surface area contributed by atoms with E-state index in [0.29, 0.717) is 11.5 Å². The van der Waals surface area contributed by atoms with Crippen LogP contribution in [0, 0.1) is 6.92 Å². The van der Waals surface area contributed by atoms with Crippen LogP contribution < -0.4 is 14.8 Å². The second-order valence-corrected chi connectivity index (χ2v) is 4.33. The number of carboxylic acids is 1. The minimum Gasteiger partial charge on any atom is -0.493 e. The van der Waals surface area contributed by atoms with E-state index in [9.17, 15) is 4.79 Å². The monoisotopic (exact) mass is 253 g/mol. The molecule has 0 bridgehead atoms. The van der Waals surface area contributed by atoms with Crippen LogP contribution in [0.1, 0.15) is 12.5 Å². The number of benzene rings is 1. The van der Waals surface area contributed by atoms with Gasteiger partial charge in [0.05, 0.1) is 7.11 Å². The molecule has 0 saturated carbocycles. The Bertz CT molecular complexity index is 433. The Labute approximate surface area is 107 Å². The number of hydrogen-bond donors (Lipinski definition) is 2. The number of methoxy groups -OCH3 is 1. The maximum absolute atomic E-state index is 11.1. The van der Waals surface area contributed by atoms with Gasteiger partial charge in [-0.05, 0) is 38.6 Å². The molecule has 1 atom stereocenters. The van der Waals surface area contributed by atoms with E-state index in [-0.39, 0.29) is 6.61 Å². The Hall–Kier alpha value is -1.75. The van der Waals surface area contributed by atoms with Gasteiger partial charge in [0.1, 0.15) is 12.1 Å². The Kier molecular flexibility index (Phi) is 4.55. The van der Waals surface area contributed by atoms with E-state index >= 15 is 0 Å². The third-order valence-corrected chi connectivity index (χ3v) is 2.86. The van der Waals surface area contributed by atoms with Crippen molar-refractivity contribution in [3.05, 3.63) is 23.8 Å². The molecule has 2 N–H and O–H groups in total. The zero-order valence-corrected chi connectivity index (χ0v) is 11.1. The first-order valence-corrected chi connectivity index (χ1v) is 5.62. The molecule has 0 aromatic heterocycles. The summed E-state index contributed by atoms with van der Waals surface area (Å²) in [7, 11) is 3.14. The van der Waals surface area contributed by atoms with Crippen LogP contribution in [0.25, 0.3) is 0 Å². The Morgan fingerprint density at radius 3 is 2.61 bits per heavy atom. The highest BCUT2D eigenvalue weighted by Gasteiger charge is 2.32. The zero-order chi connectivity index (χ0) is 13.8. The van der Waals surface area contributed by atoms with E-state index in [4.69, 9.17) is 14.6 Å². The number of likely N-dealkylation sites (N-methyl/N-ethyl adjacent to an activating group) is 1. The lowest BCUT2D eigenvalue weighted by Crippen LogP contribution is -2.52. The highest BCUT2D eigenvalue weighted by atomic mass is 16.5. The van der Waals surface area contributed by atoms with Crippen molar-refractivity contribution in [1.29, 1.82) is 0 Å². The lowest BCUT2D eigenvalue weighted by Gasteiger charge is -2.24. The molecular weight excluding hydrogens is 234 g/mol. The van der Waals surface area contributed by atoms with E-state index in [1.165, 1.54) is 0 Å². The van der Waals surface area contributed by atoms with Crippen LogP contribution in [0.5, 0.6) is 11.5 Å². The summed E-state index contributed by atoms with van der Waals surface area (Å²) in [6.07, 6.45) is 0. The summed E-state index contributed by atoms with van der Waals surface area (Å²) < 4.78 is 10.7. The normalized spacial score (nSPS) is 13.8. The number of ether oxygens (including phenoxy) is 2. The zero-order valence-electron chi connectivity index (χ0n) is 11.1. The van der Waals surface area contributed by atoms with Crippen LogP contribution >= 0.6 is 0 Å².